The molecule has 2 atom stereocenters. The van der Waals surface area contributed by atoms with Crippen LogP contribution in [-0.2, 0) is 17.9 Å². The van der Waals surface area contributed by atoms with Gasteiger partial charge in [-0.25, -0.2) is 0 Å². The fraction of sp³-hybridized carbons (Fsp3) is 0.800. The minimum absolute atomic E-state index is 0.0101. The van der Waals surface area contributed by atoms with E-state index < -0.39 is 18.1 Å². The number of halogens is 3. The van der Waals surface area contributed by atoms with Crippen LogP contribution in [0.3, 0.4) is 0 Å². The molecule has 24 heavy (non-hydrogen) atoms. The van der Waals surface area contributed by atoms with Crippen molar-refractivity contribution in [1.29, 1.82) is 0 Å². The molecule has 0 bridgehead atoms. The van der Waals surface area contributed by atoms with E-state index in [4.69, 9.17) is 0 Å². The predicted molar refractivity (Wildman–Crippen MR) is 80.2 cm³/mol. The molecule has 1 fully saturated rings. The van der Waals surface area contributed by atoms with Crippen molar-refractivity contribution in [2.45, 2.75) is 63.8 Å². The Morgan fingerprint density at radius 2 is 1.96 bits per heavy atom. The molecule has 9 heteroatoms. The number of rotatable bonds is 4. The molecule has 1 amide bonds. The van der Waals surface area contributed by atoms with Crippen molar-refractivity contribution in [1.82, 2.24) is 25.0 Å². The zero-order valence-corrected chi connectivity index (χ0v) is 13.6. The van der Waals surface area contributed by atoms with Crippen LogP contribution in [0, 0.1) is 0 Å². The van der Waals surface area contributed by atoms with Gasteiger partial charge in [-0.05, 0) is 32.6 Å². The molecule has 1 N–H and O–H groups in total. The van der Waals surface area contributed by atoms with E-state index in [2.05, 4.69) is 15.5 Å². The minimum Gasteiger partial charge on any atom is -0.341 e. The Morgan fingerprint density at radius 3 is 2.62 bits per heavy atom. The van der Waals surface area contributed by atoms with Crippen molar-refractivity contribution < 1.29 is 18.0 Å². The summed E-state index contributed by atoms with van der Waals surface area (Å²) in [5.74, 6) is -1.07. The Bertz CT molecular complexity index is 594. The molecule has 3 heterocycles. The molecule has 3 rings (SSSR count). The molecule has 0 saturated carbocycles. The second-order valence-electron chi connectivity index (χ2n) is 6.50. The average Bonchev–Trinajstić information content (AvgIpc) is 3.20. The number of carbonyl (C=O) groups is 1. The first-order chi connectivity index (χ1) is 11.4. The molecule has 1 aromatic rings. The summed E-state index contributed by atoms with van der Waals surface area (Å²) in [6, 6.07) is -0.391. The lowest BCUT2D eigenvalue weighted by molar-refractivity contribution is -0.156. The van der Waals surface area contributed by atoms with Gasteiger partial charge in [-0.2, -0.15) is 13.2 Å². The molecular weight excluding hydrogens is 323 g/mol. The predicted octanol–water partition coefficient (Wildman–Crippen LogP) is 1.82. The second-order valence-corrected chi connectivity index (χ2v) is 6.50. The van der Waals surface area contributed by atoms with Crippen LogP contribution in [0.25, 0.3) is 0 Å². The third-order valence-electron chi connectivity index (χ3n) is 4.79. The Labute approximate surface area is 138 Å². The van der Waals surface area contributed by atoms with E-state index in [0.29, 0.717) is 18.8 Å². The molecule has 0 aromatic carbocycles. The van der Waals surface area contributed by atoms with E-state index in [1.165, 1.54) is 0 Å². The van der Waals surface area contributed by atoms with Crippen molar-refractivity contribution in [3.8, 4) is 0 Å². The van der Waals surface area contributed by atoms with Gasteiger partial charge in [-0.3, -0.25) is 10.1 Å². The number of amides is 1. The van der Waals surface area contributed by atoms with E-state index in [1.54, 1.807) is 11.5 Å². The molecule has 134 valence electrons. The highest BCUT2D eigenvalue weighted by Crippen LogP contribution is 2.40. The van der Waals surface area contributed by atoms with Gasteiger partial charge in [0.15, 0.2) is 0 Å². The summed E-state index contributed by atoms with van der Waals surface area (Å²) in [5.41, 5.74) is 0. The molecule has 2 aliphatic rings. The highest BCUT2D eigenvalue weighted by Gasteiger charge is 2.45. The fourth-order valence-electron chi connectivity index (χ4n) is 3.42. The van der Waals surface area contributed by atoms with Gasteiger partial charge in [0.2, 0.25) is 5.91 Å². The van der Waals surface area contributed by atoms with E-state index in [-0.39, 0.29) is 24.7 Å². The third-order valence-corrected chi connectivity index (χ3v) is 4.79. The van der Waals surface area contributed by atoms with Crippen molar-refractivity contribution in [2.24, 2.45) is 0 Å². The van der Waals surface area contributed by atoms with Crippen molar-refractivity contribution in [3.63, 3.8) is 0 Å². The maximum atomic E-state index is 13.1. The minimum atomic E-state index is -4.30. The summed E-state index contributed by atoms with van der Waals surface area (Å²) in [7, 11) is 0. The summed E-state index contributed by atoms with van der Waals surface area (Å²) < 4.78 is 40.8. The van der Waals surface area contributed by atoms with E-state index in [9.17, 15) is 18.0 Å². The molecule has 1 saturated heterocycles. The lowest BCUT2D eigenvalue weighted by Crippen LogP contribution is -2.43. The monoisotopic (exact) mass is 345 g/mol. The van der Waals surface area contributed by atoms with Gasteiger partial charge in [-0.1, -0.05) is 0 Å². The van der Waals surface area contributed by atoms with E-state index in [0.717, 1.165) is 25.9 Å². The molecule has 6 nitrogen and oxygen atoms in total. The van der Waals surface area contributed by atoms with Crippen LogP contribution in [0.15, 0.2) is 0 Å². The summed E-state index contributed by atoms with van der Waals surface area (Å²) in [6.45, 7) is 4.04. The van der Waals surface area contributed by atoms with Gasteiger partial charge < -0.3 is 9.47 Å². The SMILES string of the molecule is C[C@@H](NCc1nnc2n1CCC[C@H]2C(F)(F)F)C(=O)N1CCCC1. The molecular formula is C15H22F3N5O. The van der Waals surface area contributed by atoms with Gasteiger partial charge in [0.05, 0.1) is 12.6 Å². The molecule has 1 aromatic heterocycles. The summed E-state index contributed by atoms with van der Waals surface area (Å²) >= 11 is 0. The summed E-state index contributed by atoms with van der Waals surface area (Å²) in [5, 5.41) is 10.7. The van der Waals surface area contributed by atoms with Gasteiger partial charge >= 0.3 is 6.18 Å². The number of alkyl halides is 3. The van der Waals surface area contributed by atoms with Crippen LogP contribution in [0.2, 0.25) is 0 Å². The highest BCUT2D eigenvalue weighted by atomic mass is 19.4. The lowest BCUT2D eigenvalue weighted by Gasteiger charge is -2.26. The van der Waals surface area contributed by atoms with Crippen LogP contribution < -0.4 is 5.32 Å². The Hall–Kier alpha value is -1.64. The normalized spacial score (nSPS) is 22.5. The van der Waals surface area contributed by atoms with Crippen molar-refractivity contribution >= 4 is 5.91 Å². The zero-order valence-electron chi connectivity index (χ0n) is 13.6. The number of fused-ring (bicyclic) bond motifs is 1. The average molecular weight is 345 g/mol. The number of nitrogens with one attached hydrogen (secondary N) is 1. The largest absolute Gasteiger partial charge is 0.398 e. The van der Waals surface area contributed by atoms with Gasteiger partial charge in [0, 0.05) is 19.6 Å². The molecule has 0 spiro atoms. The first-order valence-electron chi connectivity index (χ1n) is 8.39. The molecule has 2 aliphatic heterocycles. The first kappa shape index (κ1) is 17.2. The van der Waals surface area contributed by atoms with Gasteiger partial charge in [-0.15, -0.1) is 10.2 Å². The smallest absolute Gasteiger partial charge is 0.341 e. The van der Waals surface area contributed by atoms with Gasteiger partial charge in [0.1, 0.15) is 17.6 Å². The number of aromatic nitrogens is 3. The molecule has 0 aliphatic carbocycles. The Kier molecular flexibility index (Phi) is 4.80. The molecule has 0 radical (unpaired) electrons. The lowest BCUT2D eigenvalue weighted by atomic mass is 9.98. The van der Waals surface area contributed by atoms with Crippen LogP contribution in [-0.4, -0.2) is 50.9 Å². The van der Waals surface area contributed by atoms with E-state index in [1.807, 2.05) is 4.90 Å². The number of nitrogens with zero attached hydrogens (tertiary/aromatic N) is 4. The van der Waals surface area contributed by atoms with Crippen LogP contribution in [0.1, 0.15) is 50.2 Å². The number of hydrogen-bond donors (Lipinski definition) is 1. The van der Waals surface area contributed by atoms with Gasteiger partial charge in [0.25, 0.3) is 0 Å². The summed E-state index contributed by atoms with van der Waals surface area (Å²) in [6.07, 6.45) is -1.75. The number of likely N-dealkylation sites (tertiary alicyclic amines) is 1. The number of carbonyl (C=O) groups excluding carboxylic acids is 1. The second kappa shape index (κ2) is 6.70. The fourth-order valence-corrected chi connectivity index (χ4v) is 3.42. The molecule has 0 unspecified atom stereocenters. The summed E-state index contributed by atoms with van der Waals surface area (Å²) in [4.78, 5) is 14.1. The maximum absolute atomic E-state index is 13.1. The van der Waals surface area contributed by atoms with Crippen LogP contribution in [0.4, 0.5) is 13.2 Å². The zero-order chi connectivity index (χ0) is 17.3. The van der Waals surface area contributed by atoms with Crippen molar-refractivity contribution in [3.05, 3.63) is 11.6 Å². The first-order valence-corrected chi connectivity index (χ1v) is 8.39. The highest BCUT2D eigenvalue weighted by molar-refractivity contribution is 5.81. The standard InChI is InChI=1S/C15H22F3N5O/c1-10(14(24)22-6-2-3-7-22)19-9-12-20-21-13-11(15(16,17)18)5-4-8-23(12)13/h10-11,19H,2-9H2,1H3/t10-,11-/m1/s1. The van der Waals surface area contributed by atoms with Crippen molar-refractivity contribution in [2.75, 3.05) is 13.1 Å². The Balaban J connectivity index is 1.64. The van der Waals surface area contributed by atoms with E-state index >= 15 is 0 Å². The quantitative estimate of drug-likeness (QED) is 0.904. The maximum Gasteiger partial charge on any atom is 0.398 e. The van der Waals surface area contributed by atoms with Crippen LogP contribution >= 0.6 is 0 Å². The van der Waals surface area contributed by atoms with Crippen LogP contribution in [0.5, 0.6) is 0 Å². The third kappa shape index (κ3) is 3.40. The number of hydrogen-bond acceptors (Lipinski definition) is 4. The Morgan fingerprint density at radius 1 is 1.25 bits per heavy atom. The topological polar surface area (TPSA) is 63.1 Å².